The summed E-state index contributed by atoms with van der Waals surface area (Å²) in [6, 6.07) is 2.52. The Hall–Kier alpha value is -1.32. The second kappa shape index (κ2) is 6.03. The normalized spacial score (nSPS) is 17.1. The number of hydrogen-bond acceptors (Lipinski definition) is 4. The Morgan fingerprint density at radius 2 is 2.00 bits per heavy atom. The Labute approximate surface area is 110 Å². The van der Waals surface area contributed by atoms with Gasteiger partial charge < -0.3 is 10.6 Å². The minimum absolute atomic E-state index is 0.507. The first-order valence-electron chi connectivity index (χ1n) is 7.11. The van der Waals surface area contributed by atoms with Gasteiger partial charge in [-0.05, 0) is 32.6 Å². The largest absolute Gasteiger partial charge is 0.370 e. The molecule has 1 aromatic rings. The number of rotatable bonds is 6. The Morgan fingerprint density at radius 1 is 1.28 bits per heavy atom. The van der Waals surface area contributed by atoms with E-state index in [-0.39, 0.29) is 0 Å². The first kappa shape index (κ1) is 13.1. The fourth-order valence-corrected chi connectivity index (χ4v) is 2.29. The van der Waals surface area contributed by atoms with Gasteiger partial charge in [0.1, 0.15) is 17.5 Å². The van der Waals surface area contributed by atoms with E-state index in [1.807, 2.05) is 6.07 Å². The first-order valence-corrected chi connectivity index (χ1v) is 7.11. The lowest BCUT2D eigenvalue weighted by molar-refractivity contribution is 0.285. The highest BCUT2D eigenvalue weighted by atomic mass is 15.1. The molecule has 0 saturated heterocycles. The number of nitrogens with zero attached hydrogens (tertiary/aromatic N) is 2. The molecule has 0 radical (unpaired) electrons. The van der Waals surface area contributed by atoms with E-state index in [2.05, 4.69) is 41.4 Å². The first-order chi connectivity index (χ1) is 8.72. The van der Waals surface area contributed by atoms with Gasteiger partial charge in [-0.15, -0.1) is 0 Å². The van der Waals surface area contributed by atoms with Crippen molar-refractivity contribution in [3.8, 4) is 0 Å². The van der Waals surface area contributed by atoms with E-state index in [1.54, 1.807) is 0 Å². The van der Waals surface area contributed by atoms with Crippen LogP contribution in [0.3, 0.4) is 0 Å². The SMILES string of the molecule is CCNc1cc(NC(C)C2CCC2)nc(CC)n1. The topological polar surface area (TPSA) is 49.8 Å². The molecule has 2 N–H and O–H groups in total. The van der Waals surface area contributed by atoms with Gasteiger partial charge in [-0.1, -0.05) is 13.3 Å². The van der Waals surface area contributed by atoms with Crippen LogP contribution in [0.4, 0.5) is 11.6 Å². The summed E-state index contributed by atoms with van der Waals surface area (Å²) in [5, 5.41) is 6.79. The van der Waals surface area contributed by atoms with Gasteiger partial charge in [0.15, 0.2) is 0 Å². The molecule has 0 aliphatic heterocycles. The van der Waals surface area contributed by atoms with Crippen molar-refractivity contribution in [3.63, 3.8) is 0 Å². The summed E-state index contributed by atoms with van der Waals surface area (Å²) in [5.74, 6) is 3.59. The third-order valence-corrected chi connectivity index (χ3v) is 3.68. The second-order valence-corrected chi connectivity index (χ2v) is 5.06. The number of hydrogen-bond donors (Lipinski definition) is 2. The van der Waals surface area contributed by atoms with E-state index < -0.39 is 0 Å². The predicted octanol–water partition coefficient (Wildman–Crippen LogP) is 3.07. The molecule has 1 aromatic heterocycles. The lowest BCUT2D eigenvalue weighted by Gasteiger charge is -2.32. The molecule has 18 heavy (non-hydrogen) atoms. The molecule has 1 unspecified atom stereocenters. The van der Waals surface area contributed by atoms with Crippen LogP contribution >= 0.6 is 0 Å². The maximum Gasteiger partial charge on any atom is 0.132 e. The van der Waals surface area contributed by atoms with Crippen LogP contribution in [0.2, 0.25) is 0 Å². The molecule has 1 fully saturated rings. The van der Waals surface area contributed by atoms with Crippen molar-refractivity contribution >= 4 is 11.6 Å². The fourth-order valence-electron chi connectivity index (χ4n) is 2.29. The predicted molar refractivity (Wildman–Crippen MR) is 76.0 cm³/mol. The van der Waals surface area contributed by atoms with Crippen LogP contribution in [-0.2, 0) is 6.42 Å². The van der Waals surface area contributed by atoms with Gasteiger partial charge in [0, 0.05) is 25.1 Å². The maximum atomic E-state index is 4.55. The van der Waals surface area contributed by atoms with Gasteiger partial charge in [-0.25, -0.2) is 9.97 Å². The standard InChI is InChI=1S/C14H24N4/c1-4-12-17-13(15-5-2)9-14(18-12)16-10(3)11-7-6-8-11/h9-11H,4-8H2,1-3H3,(H2,15,16,17,18). The van der Waals surface area contributed by atoms with Crippen LogP contribution in [0.15, 0.2) is 6.07 Å². The average Bonchev–Trinajstić information content (AvgIpc) is 2.26. The van der Waals surface area contributed by atoms with Crippen LogP contribution in [0, 0.1) is 5.92 Å². The molecule has 0 bridgehead atoms. The number of aromatic nitrogens is 2. The highest BCUT2D eigenvalue weighted by Crippen LogP contribution is 2.30. The van der Waals surface area contributed by atoms with Crippen molar-refractivity contribution in [2.75, 3.05) is 17.2 Å². The van der Waals surface area contributed by atoms with E-state index in [0.717, 1.165) is 36.3 Å². The number of nitrogens with one attached hydrogen (secondary N) is 2. The molecule has 1 heterocycles. The molecule has 4 heteroatoms. The van der Waals surface area contributed by atoms with Crippen molar-refractivity contribution in [2.45, 2.75) is 52.5 Å². The highest BCUT2D eigenvalue weighted by Gasteiger charge is 2.24. The van der Waals surface area contributed by atoms with Gasteiger partial charge >= 0.3 is 0 Å². The molecule has 4 nitrogen and oxygen atoms in total. The van der Waals surface area contributed by atoms with Crippen molar-refractivity contribution < 1.29 is 0 Å². The monoisotopic (exact) mass is 248 g/mol. The molecule has 100 valence electrons. The van der Waals surface area contributed by atoms with Crippen LogP contribution in [0.1, 0.15) is 45.9 Å². The summed E-state index contributed by atoms with van der Waals surface area (Å²) in [5.41, 5.74) is 0. The zero-order valence-electron chi connectivity index (χ0n) is 11.7. The van der Waals surface area contributed by atoms with Crippen molar-refractivity contribution in [3.05, 3.63) is 11.9 Å². The maximum absolute atomic E-state index is 4.55. The van der Waals surface area contributed by atoms with Crippen LogP contribution in [0.5, 0.6) is 0 Å². The zero-order valence-corrected chi connectivity index (χ0v) is 11.7. The van der Waals surface area contributed by atoms with E-state index in [0.29, 0.717) is 6.04 Å². The quantitative estimate of drug-likeness (QED) is 0.812. The molecular weight excluding hydrogens is 224 g/mol. The third kappa shape index (κ3) is 3.12. The van der Waals surface area contributed by atoms with E-state index >= 15 is 0 Å². The molecule has 0 spiro atoms. The van der Waals surface area contributed by atoms with Gasteiger partial charge in [-0.2, -0.15) is 0 Å². The lowest BCUT2D eigenvalue weighted by Crippen LogP contribution is -2.31. The fraction of sp³-hybridized carbons (Fsp3) is 0.714. The average molecular weight is 248 g/mol. The molecule has 0 aromatic carbocycles. The summed E-state index contributed by atoms with van der Waals surface area (Å²) in [4.78, 5) is 9.02. The Bertz CT molecular complexity index is 387. The van der Waals surface area contributed by atoms with Crippen molar-refractivity contribution in [1.29, 1.82) is 0 Å². The minimum atomic E-state index is 0.507. The summed E-state index contributed by atoms with van der Waals surface area (Å²) < 4.78 is 0. The van der Waals surface area contributed by atoms with E-state index in [4.69, 9.17) is 0 Å². The zero-order chi connectivity index (χ0) is 13.0. The van der Waals surface area contributed by atoms with E-state index in [9.17, 15) is 0 Å². The van der Waals surface area contributed by atoms with Crippen molar-refractivity contribution in [1.82, 2.24) is 9.97 Å². The van der Waals surface area contributed by atoms with Crippen LogP contribution in [0.25, 0.3) is 0 Å². The summed E-state index contributed by atoms with van der Waals surface area (Å²) in [7, 11) is 0. The van der Waals surface area contributed by atoms with Crippen LogP contribution < -0.4 is 10.6 Å². The van der Waals surface area contributed by atoms with Crippen molar-refractivity contribution in [2.24, 2.45) is 5.92 Å². The van der Waals surface area contributed by atoms with Gasteiger partial charge in [0.2, 0.25) is 0 Å². The van der Waals surface area contributed by atoms with Crippen LogP contribution in [-0.4, -0.2) is 22.6 Å². The summed E-state index contributed by atoms with van der Waals surface area (Å²) in [6.07, 6.45) is 4.94. The van der Waals surface area contributed by atoms with Gasteiger partial charge in [0.05, 0.1) is 0 Å². The Morgan fingerprint density at radius 3 is 2.56 bits per heavy atom. The van der Waals surface area contributed by atoms with E-state index in [1.165, 1.54) is 19.3 Å². The summed E-state index contributed by atoms with van der Waals surface area (Å²) >= 11 is 0. The second-order valence-electron chi connectivity index (χ2n) is 5.06. The Balaban J connectivity index is 2.07. The molecular formula is C14H24N4. The Kier molecular flexibility index (Phi) is 4.39. The molecule has 1 atom stereocenters. The van der Waals surface area contributed by atoms with Gasteiger partial charge in [0.25, 0.3) is 0 Å². The van der Waals surface area contributed by atoms with Gasteiger partial charge in [-0.3, -0.25) is 0 Å². The minimum Gasteiger partial charge on any atom is -0.370 e. The lowest BCUT2D eigenvalue weighted by atomic mass is 9.80. The highest BCUT2D eigenvalue weighted by molar-refractivity contribution is 5.48. The number of aryl methyl sites for hydroxylation is 1. The number of anilines is 2. The molecule has 2 rings (SSSR count). The summed E-state index contributed by atoms with van der Waals surface area (Å²) in [6.45, 7) is 7.31. The molecule has 0 amide bonds. The molecule has 1 saturated carbocycles. The molecule has 1 aliphatic carbocycles. The third-order valence-electron chi connectivity index (χ3n) is 3.68. The smallest absolute Gasteiger partial charge is 0.132 e. The molecule has 1 aliphatic rings.